The molecule has 3 aromatic rings. The van der Waals surface area contributed by atoms with Crippen molar-refractivity contribution >= 4 is 17.7 Å². The summed E-state index contributed by atoms with van der Waals surface area (Å²) in [6.45, 7) is 0.640. The normalized spacial score (nSPS) is 16.1. The standard InChI is InChI=1S/C22H19NOS/c24-21-19-13-7-8-14-20(19)22(25-16-18-11-5-2-6-12-18)23(21)15-17-9-3-1-4-10-17/h1-14,22H,15-16H2. The zero-order valence-corrected chi connectivity index (χ0v) is 14.7. The Bertz CT molecular complexity index is 863. The Kier molecular flexibility index (Phi) is 4.57. The molecule has 0 aliphatic carbocycles. The highest BCUT2D eigenvalue weighted by Crippen LogP contribution is 2.43. The van der Waals surface area contributed by atoms with Crippen LogP contribution in [0.2, 0.25) is 0 Å². The second-order valence-corrected chi connectivity index (χ2v) is 7.22. The zero-order valence-electron chi connectivity index (χ0n) is 13.8. The van der Waals surface area contributed by atoms with Gasteiger partial charge in [-0.05, 0) is 22.8 Å². The highest BCUT2D eigenvalue weighted by atomic mass is 32.2. The van der Waals surface area contributed by atoms with Gasteiger partial charge in [-0.2, -0.15) is 0 Å². The van der Waals surface area contributed by atoms with E-state index in [4.69, 9.17) is 0 Å². The fraction of sp³-hybridized carbons (Fsp3) is 0.136. The van der Waals surface area contributed by atoms with E-state index < -0.39 is 0 Å². The number of hydrogen-bond donors (Lipinski definition) is 0. The van der Waals surface area contributed by atoms with Gasteiger partial charge in [-0.3, -0.25) is 4.79 Å². The van der Waals surface area contributed by atoms with Crippen LogP contribution in [0.25, 0.3) is 0 Å². The Morgan fingerprint density at radius 1 is 0.760 bits per heavy atom. The summed E-state index contributed by atoms with van der Waals surface area (Å²) in [5.74, 6) is 1.02. The molecule has 1 heterocycles. The zero-order chi connectivity index (χ0) is 17.1. The first-order valence-corrected chi connectivity index (χ1v) is 9.47. The lowest BCUT2D eigenvalue weighted by Crippen LogP contribution is -2.26. The van der Waals surface area contributed by atoms with E-state index in [1.54, 1.807) is 0 Å². The van der Waals surface area contributed by atoms with Gasteiger partial charge in [0.15, 0.2) is 0 Å². The summed E-state index contributed by atoms with van der Waals surface area (Å²) in [5, 5.41) is 0.0594. The first-order chi connectivity index (χ1) is 12.3. The van der Waals surface area contributed by atoms with Gasteiger partial charge >= 0.3 is 0 Å². The van der Waals surface area contributed by atoms with Crippen LogP contribution in [0.4, 0.5) is 0 Å². The van der Waals surface area contributed by atoms with Gasteiger partial charge in [0.05, 0.1) is 0 Å². The minimum absolute atomic E-state index is 0.0594. The molecular weight excluding hydrogens is 326 g/mol. The molecule has 4 rings (SSSR count). The molecule has 0 N–H and O–H groups in total. The maximum atomic E-state index is 12.9. The molecule has 1 aliphatic rings. The maximum absolute atomic E-state index is 12.9. The number of hydrogen-bond acceptors (Lipinski definition) is 2. The lowest BCUT2D eigenvalue weighted by atomic mass is 10.1. The summed E-state index contributed by atoms with van der Waals surface area (Å²) in [6.07, 6.45) is 0. The largest absolute Gasteiger partial charge is 0.318 e. The van der Waals surface area contributed by atoms with Crippen molar-refractivity contribution in [3.05, 3.63) is 107 Å². The lowest BCUT2D eigenvalue weighted by molar-refractivity contribution is 0.0761. The van der Waals surface area contributed by atoms with Crippen molar-refractivity contribution in [1.82, 2.24) is 4.90 Å². The van der Waals surface area contributed by atoms with E-state index in [0.717, 1.165) is 22.4 Å². The number of rotatable bonds is 5. The number of amides is 1. The van der Waals surface area contributed by atoms with Crippen molar-refractivity contribution in [3.8, 4) is 0 Å². The van der Waals surface area contributed by atoms with Crippen molar-refractivity contribution in [2.75, 3.05) is 0 Å². The Morgan fingerprint density at radius 3 is 2.08 bits per heavy atom. The van der Waals surface area contributed by atoms with Crippen LogP contribution in [-0.4, -0.2) is 10.8 Å². The predicted molar refractivity (Wildman–Crippen MR) is 103 cm³/mol. The van der Waals surface area contributed by atoms with E-state index in [9.17, 15) is 4.79 Å². The molecule has 0 spiro atoms. The van der Waals surface area contributed by atoms with Crippen molar-refractivity contribution in [2.24, 2.45) is 0 Å². The van der Waals surface area contributed by atoms with Crippen molar-refractivity contribution < 1.29 is 4.79 Å². The summed E-state index contributed by atoms with van der Waals surface area (Å²) >= 11 is 1.82. The van der Waals surface area contributed by atoms with Gasteiger partial charge in [-0.25, -0.2) is 0 Å². The van der Waals surface area contributed by atoms with Crippen molar-refractivity contribution in [1.29, 1.82) is 0 Å². The predicted octanol–water partition coefficient (Wildman–Crippen LogP) is 5.27. The molecule has 2 nitrogen and oxygen atoms in total. The van der Waals surface area contributed by atoms with Gasteiger partial charge in [0.1, 0.15) is 5.37 Å². The van der Waals surface area contributed by atoms with Crippen LogP contribution in [0, 0.1) is 0 Å². The average Bonchev–Trinajstić information content (AvgIpc) is 2.94. The molecule has 1 amide bonds. The molecular formula is C22H19NOS. The van der Waals surface area contributed by atoms with E-state index in [1.807, 2.05) is 59.1 Å². The molecule has 1 aliphatic heterocycles. The number of nitrogens with zero attached hydrogens (tertiary/aromatic N) is 1. The molecule has 1 unspecified atom stereocenters. The van der Waals surface area contributed by atoms with E-state index in [2.05, 4.69) is 42.5 Å². The van der Waals surface area contributed by atoms with Crippen LogP contribution in [0.5, 0.6) is 0 Å². The number of carbonyl (C=O) groups excluding carboxylic acids is 1. The fourth-order valence-electron chi connectivity index (χ4n) is 3.20. The smallest absolute Gasteiger partial charge is 0.255 e. The van der Waals surface area contributed by atoms with E-state index in [0.29, 0.717) is 6.54 Å². The molecule has 1 atom stereocenters. The van der Waals surface area contributed by atoms with Gasteiger partial charge in [0, 0.05) is 17.9 Å². The van der Waals surface area contributed by atoms with Crippen molar-refractivity contribution in [3.63, 3.8) is 0 Å². The summed E-state index contributed by atoms with van der Waals surface area (Å²) in [6, 6.07) is 28.6. The Balaban J connectivity index is 1.60. The van der Waals surface area contributed by atoms with Gasteiger partial charge in [0.2, 0.25) is 0 Å². The number of fused-ring (bicyclic) bond motifs is 1. The average molecular weight is 345 g/mol. The van der Waals surface area contributed by atoms with Crippen LogP contribution >= 0.6 is 11.8 Å². The maximum Gasteiger partial charge on any atom is 0.255 e. The van der Waals surface area contributed by atoms with Gasteiger partial charge < -0.3 is 4.90 Å². The van der Waals surface area contributed by atoms with Crippen LogP contribution in [0.1, 0.15) is 32.4 Å². The van der Waals surface area contributed by atoms with Crippen molar-refractivity contribution in [2.45, 2.75) is 17.7 Å². The second kappa shape index (κ2) is 7.16. The first kappa shape index (κ1) is 16.0. The lowest BCUT2D eigenvalue weighted by Gasteiger charge is -2.25. The molecule has 0 saturated heterocycles. The molecule has 3 aromatic carbocycles. The van der Waals surface area contributed by atoms with Crippen LogP contribution in [0.15, 0.2) is 84.9 Å². The topological polar surface area (TPSA) is 20.3 Å². The third-order valence-corrected chi connectivity index (χ3v) is 5.77. The van der Waals surface area contributed by atoms with Gasteiger partial charge in [-0.15, -0.1) is 11.8 Å². The summed E-state index contributed by atoms with van der Waals surface area (Å²) in [7, 11) is 0. The SMILES string of the molecule is O=C1c2ccccc2C(SCc2ccccc2)N1Cc1ccccc1. The minimum atomic E-state index is 0.0594. The first-order valence-electron chi connectivity index (χ1n) is 8.42. The molecule has 25 heavy (non-hydrogen) atoms. The number of thioether (sulfide) groups is 1. The molecule has 124 valence electrons. The highest BCUT2D eigenvalue weighted by molar-refractivity contribution is 7.98. The third-order valence-electron chi connectivity index (χ3n) is 4.45. The molecule has 0 saturated carbocycles. The molecule has 0 radical (unpaired) electrons. The summed E-state index contributed by atoms with van der Waals surface area (Å²) in [4.78, 5) is 14.9. The van der Waals surface area contributed by atoms with Crippen LogP contribution in [0.3, 0.4) is 0 Å². The van der Waals surface area contributed by atoms with Gasteiger partial charge in [0.25, 0.3) is 5.91 Å². The fourth-order valence-corrected chi connectivity index (χ4v) is 4.48. The molecule has 0 aromatic heterocycles. The minimum Gasteiger partial charge on any atom is -0.318 e. The second-order valence-electron chi connectivity index (χ2n) is 6.15. The van der Waals surface area contributed by atoms with E-state index >= 15 is 0 Å². The summed E-state index contributed by atoms with van der Waals surface area (Å²) in [5.41, 5.74) is 4.41. The number of carbonyl (C=O) groups is 1. The Labute approximate surface area is 152 Å². The van der Waals surface area contributed by atoms with E-state index in [-0.39, 0.29) is 11.3 Å². The quantitative estimate of drug-likeness (QED) is 0.627. The summed E-state index contributed by atoms with van der Waals surface area (Å²) < 4.78 is 0. The Morgan fingerprint density at radius 2 is 1.36 bits per heavy atom. The van der Waals surface area contributed by atoms with Crippen LogP contribution in [-0.2, 0) is 12.3 Å². The Hall–Kier alpha value is -2.52. The molecule has 3 heteroatoms. The van der Waals surface area contributed by atoms with Gasteiger partial charge in [-0.1, -0.05) is 78.9 Å². The monoisotopic (exact) mass is 345 g/mol. The molecule has 0 fully saturated rings. The molecule has 0 bridgehead atoms. The van der Waals surface area contributed by atoms with Crippen LogP contribution < -0.4 is 0 Å². The van der Waals surface area contributed by atoms with E-state index in [1.165, 1.54) is 5.56 Å². The third kappa shape index (κ3) is 3.33. The highest BCUT2D eigenvalue weighted by Gasteiger charge is 2.36. The number of benzene rings is 3.